The number of hydrogen-bond acceptors (Lipinski definition) is 6. The fraction of sp³-hybridized carbons (Fsp3) is 0.550. The van der Waals surface area contributed by atoms with E-state index in [1.165, 1.54) is 0 Å². The first-order valence-electron chi connectivity index (χ1n) is 9.40. The van der Waals surface area contributed by atoms with Crippen LogP contribution in [0.1, 0.15) is 40.5 Å². The maximum absolute atomic E-state index is 12.2. The average Bonchev–Trinajstić information content (AvgIpc) is 2.61. The predicted octanol–water partition coefficient (Wildman–Crippen LogP) is 3.81. The van der Waals surface area contributed by atoms with Gasteiger partial charge in [-0.1, -0.05) is 12.1 Å². The van der Waals surface area contributed by atoms with Gasteiger partial charge in [0.05, 0.1) is 17.6 Å². The van der Waals surface area contributed by atoms with Crippen LogP contribution in [0.15, 0.2) is 24.3 Å². The molecule has 0 unspecified atom stereocenters. The highest BCUT2D eigenvalue weighted by molar-refractivity contribution is 5.75. The van der Waals surface area contributed by atoms with Crippen LogP contribution in [0.2, 0.25) is 0 Å². The van der Waals surface area contributed by atoms with Crippen LogP contribution < -0.4 is 9.47 Å². The summed E-state index contributed by atoms with van der Waals surface area (Å²) in [5.41, 5.74) is 1.05. The number of fused-ring (bicyclic) bond motifs is 1. The molecule has 146 valence electrons. The van der Waals surface area contributed by atoms with Gasteiger partial charge < -0.3 is 19.1 Å². The molecule has 0 spiro atoms. The molecule has 0 saturated carbocycles. The number of rotatable bonds is 4. The fourth-order valence-corrected chi connectivity index (χ4v) is 2.92. The molecule has 0 N–H and O–H groups in total. The molecular formula is C20H27N3O4. The van der Waals surface area contributed by atoms with Gasteiger partial charge in [0.2, 0.25) is 0 Å². The topological polar surface area (TPSA) is 73.8 Å². The van der Waals surface area contributed by atoms with Crippen molar-refractivity contribution in [2.75, 3.05) is 19.7 Å². The monoisotopic (exact) mass is 373 g/mol. The van der Waals surface area contributed by atoms with Gasteiger partial charge in [-0.25, -0.2) is 14.8 Å². The third-order valence-electron chi connectivity index (χ3n) is 4.16. The lowest BCUT2D eigenvalue weighted by atomic mass is 10.1. The number of para-hydroxylation sites is 2. The summed E-state index contributed by atoms with van der Waals surface area (Å²) in [6, 6.07) is 7.63. The number of carbonyl (C=O) groups excluding carboxylic acids is 1. The number of likely N-dealkylation sites (tertiary alicyclic amines) is 1. The van der Waals surface area contributed by atoms with Crippen molar-refractivity contribution in [3.63, 3.8) is 0 Å². The normalized spacial score (nSPS) is 15.6. The van der Waals surface area contributed by atoms with Crippen LogP contribution in [0.4, 0.5) is 4.79 Å². The second kappa shape index (κ2) is 7.98. The molecular weight excluding hydrogens is 346 g/mol. The van der Waals surface area contributed by atoms with E-state index >= 15 is 0 Å². The SMILES string of the molecule is CCOc1nc2ccccc2nc1OC1CCN(C(=O)OC(C)(C)C)CC1. The van der Waals surface area contributed by atoms with E-state index in [-0.39, 0.29) is 12.2 Å². The Morgan fingerprint density at radius 1 is 1.11 bits per heavy atom. The Labute approximate surface area is 159 Å². The number of hydrogen-bond donors (Lipinski definition) is 0. The summed E-state index contributed by atoms with van der Waals surface area (Å²) in [4.78, 5) is 23.0. The molecule has 1 aliphatic heterocycles. The van der Waals surface area contributed by atoms with Gasteiger partial charge in [0, 0.05) is 25.9 Å². The van der Waals surface area contributed by atoms with Crippen molar-refractivity contribution in [1.82, 2.24) is 14.9 Å². The van der Waals surface area contributed by atoms with Crippen molar-refractivity contribution in [3.8, 4) is 11.8 Å². The molecule has 2 heterocycles. The molecule has 0 aliphatic carbocycles. The van der Waals surface area contributed by atoms with Crippen molar-refractivity contribution in [3.05, 3.63) is 24.3 Å². The highest BCUT2D eigenvalue weighted by Crippen LogP contribution is 2.28. The first-order valence-corrected chi connectivity index (χ1v) is 9.40. The van der Waals surface area contributed by atoms with Crippen LogP contribution >= 0.6 is 0 Å². The fourth-order valence-electron chi connectivity index (χ4n) is 2.92. The van der Waals surface area contributed by atoms with Crippen LogP contribution in [0.25, 0.3) is 11.0 Å². The summed E-state index contributed by atoms with van der Waals surface area (Å²) in [6.45, 7) is 9.17. The average molecular weight is 373 g/mol. The molecule has 1 fully saturated rings. The predicted molar refractivity (Wildman–Crippen MR) is 102 cm³/mol. The summed E-state index contributed by atoms with van der Waals surface area (Å²) >= 11 is 0. The van der Waals surface area contributed by atoms with E-state index in [4.69, 9.17) is 14.2 Å². The zero-order valence-electron chi connectivity index (χ0n) is 16.4. The Bertz CT molecular complexity index is 795. The van der Waals surface area contributed by atoms with Gasteiger partial charge in [0.25, 0.3) is 11.8 Å². The molecule has 1 aromatic heterocycles. The molecule has 1 saturated heterocycles. The highest BCUT2D eigenvalue weighted by Gasteiger charge is 2.28. The third kappa shape index (κ3) is 4.99. The van der Waals surface area contributed by atoms with Crippen molar-refractivity contribution in [1.29, 1.82) is 0 Å². The molecule has 1 aromatic carbocycles. The van der Waals surface area contributed by atoms with Crippen molar-refractivity contribution in [2.45, 2.75) is 52.2 Å². The van der Waals surface area contributed by atoms with Gasteiger partial charge in [0.1, 0.15) is 11.7 Å². The standard InChI is InChI=1S/C20H27N3O4/c1-5-25-17-18(22-16-9-7-6-8-15(16)21-17)26-14-10-12-23(13-11-14)19(24)27-20(2,3)4/h6-9,14H,5,10-13H2,1-4H3. The maximum atomic E-state index is 12.2. The number of nitrogens with zero attached hydrogens (tertiary/aromatic N) is 3. The van der Waals surface area contributed by atoms with Crippen LogP contribution in [0.5, 0.6) is 11.8 Å². The highest BCUT2D eigenvalue weighted by atomic mass is 16.6. The molecule has 7 nitrogen and oxygen atoms in total. The van der Waals surface area contributed by atoms with Gasteiger partial charge >= 0.3 is 6.09 Å². The summed E-state index contributed by atoms with van der Waals surface area (Å²) in [5, 5.41) is 0. The lowest BCUT2D eigenvalue weighted by molar-refractivity contribution is 0.0119. The lowest BCUT2D eigenvalue weighted by Gasteiger charge is -2.33. The summed E-state index contributed by atoms with van der Waals surface area (Å²) in [6.07, 6.45) is 1.10. The Hall–Kier alpha value is -2.57. The van der Waals surface area contributed by atoms with Gasteiger partial charge in [-0.05, 0) is 39.8 Å². The smallest absolute Gasteiger partial charge is 0.410 e. The van der Waals surface area contributed by atoms with Crippen molar-refractivity contribution < 1.29 is 19.0 Å². The Morgan fingerprint density at radius 2 is 1.70 bits per heavy atom. The Balaban J connectivity index is 1.66. The molecule has 1 amide bonds. The molecule has 0 atom stereocenters. The first-order chi connectivity index (χ1) is 12.9. The number of ether oxygens (including phenoxy) is 3. The maximum Gasteiger partial charge on any atom is 0.410 e. The zero-order chi connectivity index (χ0) is 19.4. The summed E-state index contributed by atoms with van der Waals surface area (Å²) in [5.74, 6) is 0.817. The molecule has 27 heavy (non-hydrogen) atoms. The molecule has 0 radical (unpaired) electrons. The first kappa shape index (κ1) is 19.2. The summed E-state index contributed by atoms with van der Waals surface area (Å²) in [7, 11) is 0. The third-order valence-corrected chi connectivity index (χ3v) is 4.16. The molecule has 3 rings (SSSR count). The second-order valence-electron chi connectivity index (χ2n) is 7.54. The van der Waals surface area contributed by atoms with Crippen LogP contribution in [-0.2, 0) is 4.74 Å². The lowest BCUT2D eigenvalue weighted by Crippen LogP contribution is -2.44. The minimum atomic E-state index is -0.489. The number of aromatic nitrogens is 2. The largest absolute Gasteiger partial charge is 0.474 e. The summed E-state index contributed by atoms with van der Waals surface area (Å²) < 4.78 is 17.2. The molecule has 0 bridgehead atoms. The van der Waals surface area contributed by atoms with Crippen molar-refractivity contribution >= 4 is 17.1 Å². The van der Waals surface area contributed by atoms with E-state index in [2.05, 4.69) is 9.97 Å². The van der Waals surface area contributed by atoms with Gasteiger partial charge in [-0.2, -0.15) is 0 Å². The molecule has 2 aromatic rings. The number of benzene rings is 1. The molecule has 7 heteroatoms. The minimum Gasteiger partial charge on any atom is -0.474 e. The van der Waals surface area contributed by atoms with Gasteiger partial charge in [-0.3, -0.25) is 0 Å². The van der Waals surface area contributed by atoms with Crippen LogP contribution in [0.3, 0.4) is 0 Å². The minimum absolute atomic E-state index is 0.0432. The van der Waals surface area contributed by atoms with E-state index in [1.54, 1.807) is 4.90 Å². The van der Waals surface area contributed by atoms with Crippen LogP contribution in [0, 0.1) is 0 Å². The quantitative estimate of drug-likeness (QED) is 0.811. The van der Waals surface area contributed by atoms with E-state index in [0.717, 1.165) is 11.0 Å². The van der Waals surface area contributed by atoms with E-state index < -0.39 is 5.60 Å². The number of carbonyl (C=O) groups is 1. The zero-order valence-corrected chi connectivity index (χ0v) is 16.4. The second-order valence-corrected chi connectivity index (χ2v) is 7.54. The van der Waals surface area contributed by atoms with Gasteiger partial charge in [0.15, 0.2) is 0 Å². The Morgan fingerprint density at radius 3 is 2.26 bits per heavy atom. The van der Waals surface area contributed by atoms with E-state index in [9.17, 15) is 4.79 Å². The number of piperidine rings is 1. The van der Waals surface area contributed by atoms with E-state index in [1.807, 2.05) is 52.0 Å². The Kier molecular flexibility index (Phi) is 5.68. The van der Waals surface area contributed by atoms with Gasteiger partial charge in [-0.15, -0.1) is 0 Å². The van der Waals surface area contributed by atoms with Crippen molar-refractivity contribution in [2.24, 2.45) is 0 Å². The number of amides is 1. The van der Waals surface area contributed by atoms with E-state index in [0.29, 0.717) is 44.3 Å². The molecule has 1 aliphatic rings. The van der Waals surface area contributed by atoms with Crippen LogP contribution in [-0.4, -0.2) is 52.4 Å².